The lowest BCUT2D eigenvalue weighted by Gasteiger charge is -2.04. The number of nitrogens with zero attached hydrogens (tertiary/aromatic N) is 1. The van der Waals surface area contributed by atoms with Crippen LogP contribution >= 0.6 is 0 Å². The Labute approximate surface area is 108 Å². The van der Waals surface area contributed by atoms with E-state index in [9.17, 15) is 4.21 Å². The summed E-state index contributed by atoms with van der Waals surface area (Å²) in [5.41, 5.74) is 1.21. The van der Waals surface area contributed by atoms with Gasteiger partial charge in [-0.15, -0.1) is 0 Å². The second-order valence-corrected chi connectivity index (χ2v) is 5.19. The van der Waals surface area contributed by atoms with Crippen molar-refractivity contribution in [3.8, 4) is 6.07 Å². The Bertz CT molecular complexity index is 632. The molecule has 1 atom stereocenters. The van der Waals surface area contributed by atoms with Gasteiger partial charge in [-0.2, -0.15) is 5.26 Å². The number of hydrogen-bond donors (Lipinski definition) is 1. The minimum absolute atomic E-state index is 0.0801. The summed E-state index contributed by atoms with van der Waals surface area (Å²) < 4.78 is 12.3. The first-order chi connectivity index (χ1) is 8.74. The molecule has 0 fully saturated rings. The SMILES string of the molecule is N#Cc1cccc([S@](=O)c2cccc(CO)c2)c1. The summed E-state index contributed by atoms with van der Waals surface area (Å²) in [5, 5.41) is 17.9. The van der Waals surface area contributed by atoms with Crippen molar-refractivity contribution in [1.82, 2.24) is 0 Å². The average molecular weight is 257 g/mol. The van der Waals surface area contributed by atoms with Crippen molar-refractivity contribution in [1.29, 1.82) is 5.26 Å². The lowest BCUT2D eigenvalue weighted by Crippen LogP contribution is -1.95. The first-order valence-corrected chi connectivity index (χ1v) is 6.51. The Balaban J connectivity index is 2.38. The lowest BCUT2D eigenvalue weighted by atomic mass is 10.2. The maximum Gasteiger partial charge on any atom is 0.0992 e. The van der Waals surface area contributed by atoms with Gasteiger partial charge in [-0.3, -0.25) is 0 Å². The van der Waals surface area contributed by atoms with E-state index in [4.69, 9.17) is 10.4 Å². The van der Waals surface area contributed by atoms with Crippen molar-refractivity contribution in [2.45, 2.75) is 16.4 Å². The van der Waals surface area contributed by atoms with E-state index in [2.05, 4.69) is 0 Å². The van der Waals surface area contributed by atoms with Gasteiger partial charge in [-0.1, -0.05) is 18.2 Å². The maximum atomic E-state index is 12.3. The molecule has 0 aliphatic carbocycles. The van der Waals surface area contributed by atoms with Gasteiger partial charge in [0, 0.05) is 9.79 Å². The van der Waals surface area contributed by atoms with Gasteiger partial charge in [0.25, 0.3) is 0 Å². The molecule has 2 aromatic carbocycles. The van der Waals surface area contributed by atoms with E-state index in [-0.39, 0.29) is 6.61 Å². The minimum Gasteiger partial charge on any atom is -0.392 e. The zero-order valence-electron chi connectivity index (χ0n) is 9.54. The predicted octanol–water partition coefficient (Wildman–Crippen LogP) is 2.22. The van der Waals surface area contributed by atoms with Crippen LogP contribution in [0.25, 0.3) is 0 Å². The van der Waals surface area contributed by atoms with Crippen LogP contribution in [-0.4, -0.2) is 9.32 Å². The van der Waals surface area contributed by atoms with Crippen LogP contribution in [-0.2, 0) is 17.4 Å². The minimum atomic E-state index is -1.33. The van der Waals surface area contributed by atoms with Crippen LogP contribution < -0.4 is 0 Å². The lowest BCUT2D eigenvalue weighted by molar-refractivity contribution is 0.281. The third-order valence-corrected chi connectivity index (χ3v) is 3.84. The van der Waals surface area contributed by atoms with Gasteiger partial charge in [-0.05, 0) is 35.9 Å². The van der Waals surface area contributed by atoms with Crippen LogP contribution in [0.5, 0.6) is 0 Å². The van der Waals surface area contributed by atoms with Crippen molar-refractivity contribution in [2.75, 3.05) is 0 Å². The number of rotatable bonds is 3. The molecule has 0 radical (unpaired) electrons. The van der Waals surface area contributed by atoms with E-state index in [1.165, 1.54) is 0 Å². The molecule has 0 saturated carbocycles. The van der Waals surface area contributed by atoms with Crippen LogP contribution in [0, 0.1) is 11.3 Å². The normalized spacial score (nSPS) is 11.8. The van der Waals surface area contributed by atoms with Gasteiger partial charge >= 0.3 is 0 Å². The van der Waals surface area contributed by atoms with Crippen LogP contribution in [0.3, 0.4) is 0 Å². The largest absolute Gasteiger partial charge is 0.392 e. The van der Waals surface area contributed by atoms with Gasteiger partial charge in [0.05, 0.1) is 29.0 Å². The highest BCUT2D eigenvalue weighted by Gasteiger charge is 2.08. The molecule has 0 heterocycles. The number of benzene rings is 2. The fraction of sp³-hybridized carbons (Fsp3) is 0.0714. The monoisotopic (exact) mass is 257 g/mol. The Morgan fingerprint density at radius 3 is 2.44 bits per heavy atom. The second kappa shape index (κ2) is 5.58. The van der Waals surface area contributed by atoms with E-state index in [1.807, 2.05) is 6.07 Å². The smallest absolute Gasteiger partial charge is 0.0992 e. The summed E-state index contributed by atoms with van der Waals surface area (Å²) in [5.74, 6) is 0. The van der Waals surface area contributed by atoms with E-state index < -0.39 is 10.8 Å². The molecule has 0 spiro atoms. The molecule has 2 aromatic rings. The van der Waals surface area contributed by atoms with Crippen LogP contribution in [0.4, 0.5) is 0 Å². The Kier molecular flexibility index (Phi) is 3.88. The third kappa shape index (κ3) is 2.65. The van der Waals surface area contributed by atoms with E-state index >= 15 is 0 Å². The zero-order chi connectivity index (χ0) is 13.0. The summed E-state index contributed by atoms with van der Waals surface area (Å²) >= 11 is 0. The summed E-state index contributed by atoms with van der Waals surface area (Å²) in [4.78, 5) is 1.21. The third-order valence-electron chi connectivity index (χ3n) is 2.47. The summed E-state index contributed by atoms with van der Waals surface area (Å²) in [6.45, 7) is -0.0801. The molecule has 90 valence electrons. The molecule has 0 saturated heterocycles. The number of nitriles is 1. The Hall–Kier alpha value is -1.96. The van der Waals surface area contributed by atoms with Crippen LogP contribution in [0.2, 0.25) is 0 Å². The molecular weight excluding hydrogens is 246 g/mol. The highest BCUT2D eigenvalue weighted by Crippen LogP contribution is 2.18. The first-order valence-electron chi connectivity index (χ1n) is 5.36. The summed E-state index contributed by atoms with van der Waals surface area (Å²) in [6.07, 6.45) is 0. The number of aliphatic hydroxyl groups is 1. The fourth-order valence-corrected chi connectivity index (χ4v) is 2.75. The molecule has 0 aromatic heterocycles. The van der Waals surface area contributed by atoms with Gasteiger partial charge in [0.2, 0.25) is 0 Å². The highest BCUT2D eigenvalue weighted by atomic mass is 32.2. The standard InChI is InChI=1S/C14H11NO2S/c15-9-11-3-1-5-13(7-11)18(17)14-6-2-4-12(8-14)10-16/h1-8,16H,10H2/t18-/m0/s1. The maximum absolute atomic E-state index is 12.3. The molecule has 0 aliphatic rings. The van der Waals surface area contributed by atoms with Crippen molar-refractivity contribution in [2.24, 2.45) is 0 Å². The van der Waals surface area contributed by atoms with Crippen molar-refractivity contribution < 1.29 is 9.32 Å². The second-order valence-electron chi connectivity index (χ2n) is 3.71. The number of hydrogen-bond acceptors (Lipinski definition) is 3. The molecule has 0 unspecified atom stereocenters. The van der Waals surface area contributed by atoms with Crippen molar-refractivity contribution >= 4 is 10.8 Å². The van der Waals surface area contributed by atoms with Gasteiger partial charge in [0.15, 0.2) is 0 Å². The summed E-state index contributed by atoms with van der Waals surface area (Å²) in [6, 6.07) is 15.7. The van der Waals surface area contributed by atoms with Gasteiger partial charge < -0.3 is 5.11 Å². The Morgan fingerprint density at radius 2 is 1.78 bits per heavy atom. The van der Waals surface area contributed by atoms with Crippen LogP contribution in [0.15, 0.2) is 58.3 Å². The molecule has 0 bridgehead atoms. The van der Waals surface area contributed by atoms with E-state index in [1.54, 1.807) is 48.5 Å². The predicted molar refractivity (Wildman–Crippen MR) is 68.2 cm³/mol. The topological polar surface area (TPSA) is 61.1 Å². The molecule has 0 aliphatic heterocycles. The average Bonchev–Trinajstić information content (AvgIpc) is 2.46. The molecule has 4 heteroatoms. The van der Waals surface area contributed by atoms with E-state index in [0.717, 1.165) is 5.56 Å². The molecule has 0 amide bonds. The molecular formula is C14H11NO2S. The molecule has 2 rings (SSSR count). The molecule has 18 heavy (non-hydrogen) atoms. The molecule has 3 nitrogen and oxygen atoms in total. The quantitative estimate of drug-likeness (QED) is 0.917. The highest BCUT2D eigenvalue weighted by molar-refractivity contribution is 7.85. The van der Waals surface area contributed by atoms with Crippen molar-refractivity contribution in [3.63, 3.8) is 0 Å². The van der Waals surface area contributed by atoms with Crippen LogP contribution in [0.1, 0.15) is 11.1 Å². The first kappa shape index (κ1) is 12.5. The van der Waals surface area contributed by atoms with E-state index in [0.29, 0.717) is 15.4 Å². The van der Waals surface area contributed by atoms with Crippen molar-refractivity contribution in [3.05, 3.63) is 59.7 Å². The fourth-order valence-electron chi connectivity index (χ4n) is 1.58. The molecule has 1 N–H and O–H groups in total. The Morgan fingerprint density at radius 1 is 1.11 bits per heavy atom. The summed E-state index contributed by atoms with van der Waals surface area (Å²) in [7, 11) is -1.33. The number of aliphatic hydroxyl groups excluding tert-OH is 1. The zero-order valence-corrected chi connectivity index (χ0v) is 10.4. The van der Waals surface area contributed by atoms with Gasteiger partial charge in [-0.25, -0.2) is 4.21 Å². The van der Waals surface area contributed by atoms with Gasteiger partial charge in [0.1, 0.15) is 0 Å².